The van der Waals surface area contributed by atoms with E-state index in [4.69, 9.17) is 4.74 Å². The highest BCUT2D eigenvalue weighted by molar-refractivity contribution is 5.72. The topological polar surface area (TPSA) is 108 Å². The summed E-state index contributed by atoms with van der Waals surface area (Å²) in [5, 5.41) is 24.0. The second-order valence-corrected chi connectivity index (χ2v) is 8.91. The summed E-state index contributed by atoms with van der Waals surface area (Å²) in [6.45, 7) is 3.88. The van der Waals surface area contributed by atoms with Crippen molar-refractivity contribution in [2.24, 2.45) is 0 Å². The van der Waals surface area contributed by atoms with Crippen LogP contribution in [0.1, 0.15) is 56.7 Å². The van der Waals surface area contributed by atoms with Crippen molar-refractivity contribution in [3.8, 4) is 6.07 Å². The van der Waals surface area contributed by atoms with Crippen LogP contribution in [0.15, 0.2) is 48.5 Å². The zero-order valence-corrected chi connectivity index (χ0v) is 18.2. The van der Waals surface area contributed by atoms with Crippen LogP contribution in [0.5, 0.6) is 0 Å². The average molecular weight is 434 g/mol. The third-order valence-electron chi connectivity index (χ3n) is 6.40. The predicted molar refractivity (Wildman–Crippen MR) is 119 cm³/mol. The van der Waals surface area contributed by atoms with Crippen LogP contribution in [0, 0.1) is 21.4 Å². The van der Waals surface area contributed by atoms with Crippen LogP contribution in [0.4, 0.5) is 16.2 Å². The van der Waals surface area contributed by atoms with Gasteiger partial charge in [0, 0.05) is 12.1 Å². The van der Waals surface area contributed by atoms with Crippen molar-refractivity contribution in [1.29, 1.82) is 5.26 Å². The summed E-state index contributed by atoms with van der Waals surface area (Å²) < 4.78 is 5.74. The number of carbonyl (C=O) groups is 1. The van der Waals surface area contributed by atoms with Crippen molar-refractivity contribution >= 4 is 17.5 Å². The molecule has 1 aliphatic carbocycles. The third kappa shape index (κ3) is 3.98. The van der Waals surface area contributed by atoms with Crippen LogP contribution < -0.4 is 5.32 Å². The molecule has 2 aliphatic rings. The Labute approximate surface area is 186 Å². The van der Waals surface area contributed by atoms with E-state index in [9.17, 15) is 20.2 Å². The van der Waals surface area contributed by atoms with Crippen molar-refractivity contribution in [3.05, 3.63) is 69.8 Å². The summed E-state index contributed by atoms with van der Waals surface area (Å²) in [7, 11) is 0. The summed E-state index contributed by atoms with van der Waals surface area (Å²) in [6.07, 6.45) is 2.74. The van der Waals surface area contributed by atoms with Gasteiger partial charge in [0.15, 0.2) is 0 Å². The summed E-state index contributed by atoms with van der Waals surface area (Å²) in [4.78, 5) is 25.7. The van der Waals surface area contributed by atoms with Gasteiger partial charge in [-0.05, 0) is 57.2 Å². The quantitative estimate of drug-likeness (QED) is 0.514. The number of carbonyl (C=O) groups excluding carboxylic acids is 1. The molecule has 8 heteroatoms. The van der Waals surface area contributed by atoms with Gasteiger partial charge in [-0.1, -0.05) is 36.4 Å². The first-order valence-electron chi connectivity index (χ1n) is 10.8. The van der Waals surface area contributed by atoms with Gasteiger partial charge >= 0.3 is 11.8 Å². The minimum absolute atomic E-state index is 0.0284. The number of anilines is 1. The first-order valence-corrected chi connectivity index (χ1v) is 10.8. The first kappa shape index (κ1) is 21.6. The lowest BCUT2D eigenvalue weighted by Crippen LogP contribution is -2.44. The zero-order valence-electron chi connectivity index (χ0n) is 18.2. The number of ether oxygens (including phenoxy) is 1. The number of hydrogen-bond donors (Lipinski definition) is 1. The lowest BCUT2D eigenvalue weighted by molar-refractivity contribution is -0.384. The van der Waals surface area contributed by atoms with Crippen LogP contribution in [-0.2, 0) is 4.74 Å². The summed E-state index contributed by atoms with van der Waals surface area (Å²) in [5.74, 6) is 0. The van der Waals surface area contributed by atoms with Gasteiger partial charge in [-0.15, -0.1) is 0 Å². The average Bonchev–Trinajstić information content (AvgIpc) is 3.02. The van der Waals surface area contributed by atoms with Crippen LogP contribution in [0.2, 0.25) is 0 Å². The minimum atomic E-state index is -0.633. The second kappa shape index (κ2) is 8.50. The van der Waals surface area contributed by atoms with Gasteiger partial charge in [-0.3, -0.25) is 15.0 Å². The van der Waals surface area contributed by atoms with Crippen molar-refractivity contribution in [3.63, 3.8) is 0 Å². The Balaban J connectivity index is 1.49. The fourth-order valence-electron chi connectivity index (χ4n) is 5.00. The summed E-state index contributed by atoms with van der Waals surface area (Å²) in [6, 6.07) is 16.5. The molecule has 1 heterocycles. The molecule has 0 spiro atoms. The van der Waals surface area contributed by atoms with Crippen molar-refractivity contribution < 1.29 is 14.5 Å². The molecule has 2 aromatic rings. The van der Waals surface area contributed by atoms with Crippen LogP contribution in [-0.4, -0.2) is 33.6 Å². The van der Waals surface area contributed by atoms with E-state index in [1.165, 1.54) is 6.07 Å². The number of nitro benzene ring substituents is 1. The fourth-order valence-corrected chi connectivity index (χ4v) is 5.00. The Hall–Kier alpha value is -3.60. The Morgan fingerprint density at radius 1 is 1.12 bits per heavy atom. The highest BCUT2D eigenvalue weighted by atomic mass is 16.6. The molecular formula is C24H26N4O4. The van der Waals surface area contributed by atoms with E-state index < -0.39 is 10.5 Å². The minimum Gasteiger partial charge on any atom is -0.441 e. The van der Waals surface area contributed by atoms with E-state index in [1.807, 2.05) is 55.1 Å². The Morgan fingerprint density at radius 3 is 2.44 bits per heavy atom. The molecule has 0 unspecified atom stereocenters. The van der Waals surface area contributed by atoms with Crippen LogP contribution >= 0.6 is 0 Å². The maximum Gasteiger partial charge on any atom is 0.411 e. The lowest BCUT2D eigenvalue weighted by atomic mass is 9.86. The smallest absolute Gasteiger partial charge is 0.411 e. The van der Waals surface area contributed by atoms with Gasteiger partial charge in [0.2, 0.25) is 0 Å². The summed E-state index contributed by atoms with van der Waals surface area (Å²) >= 11 is 0. The van der Waals surface area contributed by atoms with Gasteiger partial charge in [-0.2, -0.15) is 5.26 Å². The molecule has 0 bridgehead atoms. The maximum atomic E-state index is 12.8. The number of nitrogens with one attached hydrogen (secondary N) is 1. The Bertz CT molecular complexity index is 1060. The van der Waals surface area contributed by atoms with E-state index in [2.05, 4.69) is 5.32 Å². The Kier molecular flexibility index (Phi) is 5.74. The number of benzene rings is 2. The molecule has 1 aliphatic heterocycles. The molecule has 0 radical (unpaired) electrons. The SMILES string of the molecule is CC1(C)OC(=O)N(C2CCC(Nc3cccc(C#N)c3[N+](=O)[O-])CC2)[C@H]1c1ccccc1. The van der Waals surface area contributed by atoms with Gasteiger partial charge < -0.3 is 10.1 Å². The number of para-hydroxylation sites is 1. The largest absolute Gasteiger partial charge is 0.441 e. The number of hydrogen-bond acceptors (Lipinski definition) is 6. The van der Waals surface area contributed by atoms with E-state index >= 15 is 0 Å². The molecule has 32 heavy (non-hydrogen) atoms. The van der Waals surface area contributed by atoms with Crippen LogP contribution in [0.25, 0.3) is 0 Å². The fraction of sp³-hybridized carbons (Fsp3) is 0.417. The number of cyclic esters (lactones) is 1. The number of amides is 1. The Morgan fingerprint density at radius 2 is 1.81 bits per heavy atom. The number of nitrogens with zero attached hydrogens (tertiary/aromatic N) is 3. The standard InChI is InChI=1S/C24H26N4O4/c1-24(2)22(16-7-4-3-5-8-16)27(23(29)32-24)19-13-11-18(12-14-19)26-20-10-6-9-17(15-25)21(20)28(30)31/h3-10,18-19,22,26H,11-14H2,1-2H3/t18?,19?,22-/m0/s1. The number of nitro groups is 1. The van der Waals surface area contributed by atoms with Gasteiger partial charge in [0.25, 0.3) is 0 Å². The molecule has 1 atom stereocenters. The van der Waals surface area contributed by atoms with E-state index in [0.717, 1.165) is 31.2 Å². The molecule has 2 fully saturated rings. The van der Waals surface area contributed by atoms with Gasteiger partial charge in [0.1, 0.15) is 22.9 Å². The molecule has 1 saturated heterocycles. The molecule has 4 rings (SSSR count). The molecule has 8 nitrogen and oxygen atoms in total. The molecule has 166 valence electrons. The van der Waals surface area contributed by atoms with Gasteiger partial charge in [-0.25, -0.2) is 4.79 Å². The maximum absolute atomic E-state index is 12.8. The first-order chi connectivity index (χ1) is 15.3. The molecule has 0 aromatic heterocycles. The molecule has 1 saturated carbocycles. The highest BCUT2D eigenvalue weighted by Crippen LogP contribution is 2.44. The van der Waals surface area contributed by atoms with E-state index in [-0.39, 0.29) is 35.5 Å². The monoisotopic (exact) mass is 434 g/mol. The van der Waals surface area contributed by atoms with Crippen molar-refractivity contribution in [1.82, 2.24) is 4.90 Å². The normalized spacial score (nSPS) is 24.5. The zero-order chi connectivity index (χ0) is 22.9. The predicted octanol–water partition coefficient (Wildman–Crippen LogP) is 5.16. The lowest BCUT2D eigenvalue weighted by Gasteiger charge is -2.38. The number of rotatable bonds is 5. The molecular weight excluding hydrogens is 408 g/mol. The number of nitriles is 1. The molecule has 2 aromatic carbocycles. The van der Waals surface area contributed by atoms with E-state index in [0.29, 0.717) is 5.69 Å². The molecule has 1 N–H and O–H groups in total. The summed E-state index contributed by atoms with van der Waals surface area (Å²) in [5.41, 5.74) is 0.632. The highest BCUT2D eigenvalue weighted by Gasteiger charge is 2.51. The molecule has 1 amide bonds. The van der Waals surface area contributed by atoms with E-state index in [1.54, 1.807) is 12.1 Å². The van der Waals surface area contributed by atoms with Gasteiger partial charge in [0.05, 0.1) is 11.0 Å². The third-order valence-corrected chi connectivity index (χ3v) is 6.40. The van der Waals surface area contributed by atoms with Crippen molar-refractivity contribution in [2.75, 3.05) is 5.32 Å². The van der Waals surface area contributed by atoms with Crippen LogP contribution in [0.3, 0.4) is 0 Å². The van der Waals surface area contributed by atoms with Crippen molar-refractivity contribution in [2.45, 2.75) is 63.3 Å². The second-order valence-electron chi connectivity index (χ2n) is 8.91.